The summed E-state index contributed by atoms with van der Waals surface area (Å²) in [7, 11) is 3.12. The molecule has 1 heterocycles. The quantitative estimate of drug-likeness (QED) is 0.130. The summed E-state index contributed by atoms with van der Waals surface area (Å²) in [6.45, 7) is 13.6. The van der Waals surface area contributed by atoms with E-state index < -0.39 is 17.4 Å². The molecule has 0 bridgehead atoms. The van der Waals surface area contributed by atoms with Crippen molar-refractivity contribution < 1.29 is 28.6 Å². The lowest BCUT2D eigenvalue weighted by molar-refractivity contribution is -0.154. The summed E-state index contributed by atoms with van der Waals surface area (Å²) in [5.41, 5.74) is 0.467. The van der Waals surface area contributed by atoms with Crippen molar-refractivity contribution in [1.29, 1.82) is 0 Å². The highest BCUT2D eigenvalue weighted by atomic mass is 16.6. The van der Waals surface area contributed by atoms with Gasteiger partial charge in [0.25, 0.3) is 0 Å². The summed E-state index contributed by atoms with van der Waals surface area (Å²) in [6.07, 6.45) is 19.1. The van der Waals surface area contributed by atoms with Crippen LogP contribution in [0.15, 0.2) is 72.2 Å². The molecular formula is C32H48N2O6. The average Bonchev–Trinajstić information content (AvgIpc) is 2.89. The molecule has 1 aliphatic heterocycles. The van der Waals surface area contributed by atoms with Gasteiger partial charge in [0.05, 0.1) is 13.2 Å². The second-order valence-corrected chi connectivity index (χ2v) is 11.1. The summed E-state index contributed by atoms with van der Waals surface area (Å²) < 4.78 is 16.0. The Morgan fingerprint density at radius 3 is 2.38 bits per heavy atom. The fourth-order valence-electron chi connectivity index (χ4n) is 4.23. The van der Waals surface area contributed by atoms with Crippen LogP contribution in [0.2, 0.25) is 0 Å². The van der Waals surface area contributed by atoms with Crippen LogP contribution in [0.25, 0.3) is 0 Å². The first-order valence-corrected chi connectivity index (χ1v) is 13.7. The van der Waals surface area contributed by atoms with Crippen LogP contribution in [0, 0.1) is 17.3 Å². The van der Waals surface area contributed by atoms with Crippen LogP contribution in [0.1, 0.15) is 61.3 Å². The first-order valence-electron chi connectivity index (χ1n) is 13.7. The largest absolute Gasteiger partial charge is 0.490 e. The zero-order valence-corrected chi connectivity index (χ0v) is 25.5. The molecule has 8 nitrogen and oxygen atoms in total. The van der Waals surface area contributed by atoms with E-state index in [1.54, 1.807) is 31.5 Å². The molecule has 0 aromatic heterocycles. The Bertz CT molecular complexity index is 1030. The van der Waals surface area contributed by atoms with Crippen molar-refractivity contribution >= 4 is 17.8 Å². The van der Waals surface area contributed by atoms with Crippen LogP contribution in [0.3, 0.4) is 0 Å². The number of allylic oxidation sites excluding steroid dienone is 5. The molecular weight excluding hydrogens is 508 g/mol. The van der Waals surface area contributed by atoms with Gasteiger partial charge in [0.1, 0.15) is 12.1 Å². The van der Waals surface area contributed by atoms with Crippen molar-refractivity contribution in [3.8, 4) is 0 Å². The lowest BCUT2D eigenvalue weighted by Gasteiger charge is -2.30. The third-order valence-corrected chi connectivity index (χ3v) is 6.48. The number of carbonyl (C=O) groups excluding carboxylic acids is 3. The van der Waals surface area contributed by atoms with E-state index in [4.69, 9.17) is 14.2 Å². The summed E-state index contributed by atoms with van der Waals surface area (Å²) >= 11 is 0. The second-order valence-electron chi connectivity index (χ2n) is 11.1. The van der Waals surface area contributed by atoms with Crippen molar-refractivity contribution in [2.45, 2.75) is 79.6 Å². The molecule has 0 saturated carbocycles. The highest BCUT2D eigenvalue weighted by Crippen LogP contribution is 2.27. The van der Waals surface area contributed by atoms with Gasteiger partial charge in [-0.3, -0.25) is 9.59 Å². The molecule has 0 saturated heterocycles. The lowest BCUT2D eigenvalue weighted by atomic mass is 9.86. The minimum Gasteiger partial charge on any atom is -0.490 e. The molecule has 5 unspecified atom stereocenters. The number of ether oxygens (including phenoxy) is 3. The van der Waals surface area contributed by atoms with Crippen molar-refractivity contribution in [3.05, 3.63) is 72.2 Å². The number of rotatable bonds is 14. The van der Waals surface area contributed by atoms with E-state index in [0.717, 1.165) is 12.0 Å². The number of nitrogens with one attached hydrogen (secondary N) is 2. The first-order chi connectivity index (χ1) is 18.8. The maximum absolute atomic E-state index is 12.8. The number of amides is 2. The topological polar surface area (TPSA) is 103 Å². The smallest absolute Gasteiger partial charge is 0.373 e. The number of methoxy groups -OCH3 is 2. The van der Waals surface area contributed by atoms with Crippen LogP contribution in [0.4, 0.5) is 0 Å². The van der Waals surface area contributed by atoms with Gasteiger partial charge in [-0.05, 0) is 44.4 Å². The van der Waals surface area contributed by atoms with Gasteiger partial charge in [-0.25, -0.2) is 4.79 Å². The predicted octanol–water partition coefficient (Wildman–Crippen LogP) is 5.31. The highest BCUT2D eigenvalue weighted by Gasteiger charge is 2.33. The van der Waals surface area contributed by atoms with Gasteiger partial charge in [-0.1, -0.05) is 82.7 Å². The van der Waals surface area contributed by atoms with Gasteiger partial charge in [-0.2, -0.15) is 0 Å². The minimum atomic E-state index is -0.727. The molecule has 0 fully saturated rings. The van der Waals surface area contributed by atoms with Crippen LogP contribution in [0.5, 0.6) is 0 Å². The maximum atomic E-state index is 12.8. The van der Waals surface area contributed by atoms with E-state index in [0.29, 0.717) is 6.42 Å². The van der Waals surface area contributed by atoms with E-state index in [1.807, 2.05) is 78.8 Å². The second kappa shape index (κ2) is 17.3. The third kappa shape index (κ3) is 12.2. The fraction of sp³-hybridized carbons (Fsp3) is 0.531. The summed E-state index contributed by atoms with van der Waals surface area (Å²) in [5, 5.41) is 5.58. The molecule has 2 amide bonds. The van der Waals surface area contributed by atoms with Crippen molar-refractivity contribution in [2.24, 2.45) is 17.3 Å². The van der Waals surface area contributed by atoms with E-state index in [1.165, 1.54) is 13.2 Å². The number of cyclic esters (lactones) is 1. The molecule has 1 aliphatic rings. The SMILES string of the molecule is CC=CCC(CC=CNC(=O)C(NC(=O)C=CC=CC(C)=CC(C)C1OC(=O)C(OC)=CC1C)C(C)(C)C)OC. The Morgan fingerprint density at radius 2 is 1.77 bits per heavy atom. The first kappa shape index (κ1) is 34.6. The average molecular weight is 557 g/mol. The Morgan fingerprint density at radius 1 is 1.12 bits per heavy atom. The van der Waals surface area contributed by atoms with Gasteiger partial charge >= 0.3 is 5.97 Å². The Kier molecular flexibility index (Phi) is 15.0. The molecule has 0 aromatic carbocycles. The summed E-state index contributed by atoms with van der Waals surface area (Å²) in [4.78, 5) is 37.4. The standard InChI is InChI=1S/C32H48N2O6/c1-10-11-16-25(38-8)17-14-19-33-30(36)29(32(5,6)7)34-27(35)18-13-12-15-22(2)20-23(3)28-24(4)21-26(39-9)31(37)40-28/h10-15,18-21,23-25,28-29H,16-17H2,1-9H3,(H,33,36)(H,34,35). The van der Waals surface area contributed by atoms with E-state index in [-0.39, 0.29) is 41.6 Å². The van der Waals surface area contributed by atoms with Crippen molar-refractivity contribution in [3.63, 3.8) is 0 Å². The Labute approximate surface area is 240 Å². The van der Waals surface area contributed by atoms with Crippen molar-refractivity contribution in [1.82, 2.24) is 10.6 Å². The van der Waals surface area contributed by atoms with Crippen LogP contribution >= 0.6 is 0 Å². The number of esters is 1. The lowest BCUT2D eigenvalue weighted by Crippen LogP contribution is -2.52. The van der Waals surface area contributed by atoms with Crippen LogP contribution in [-0.4, -0.2) is 50.3 Å². The minimum absolute atomic E-state index is 0.0146. The Balaban J connectivity index is 2.70. The summed E-state index contributed by atoms with van der Waals surface area (Å²) in [6, 6.07) is -0.727. The van der Waals surface area contributed by atoms with E-state index in [9.17, 15) is 14.4 Å². The van der Waals surface area contributed by atoms with Crippen LogP contribution in [-0.2, 0) is 28.6 Å². The van der Waals surface area contributed by atoms with Gasteiger partial charge < -0.3 is 24.8 Å². The molecule has 8 heteroatoms. The van der Waals surface area contributed by atoms with E-state index in [2.05, 4.69) is 10.6 Å². The molecule has 0 spiro atoms. The third-order valence-electron chi connectivity index (χ3n) is 6.48. The molecule has 1 rings (SSSR count). The molecule has 40 heavy (non-hydrogen) atoms. The summed E-state index contributed by atoms with van der Waals surface area (Å²) in [5.74, 6) is -0.869. The fourth-order valence-corrected chi connectivity index (χ4v) is 4.23. The van der Waals surface area contributed by atoms with Gasteiger partial charge in [0, 0.05) is 25.0 Å². The van der Waals surface area contributed by atoms with Gasteiger partial charge in [0.2, 0.25) is 17.6 Å². The molecule has 5 atom stereocenters. The highest BCUT2D eigenvalue weighted by molar-refractivity contribution is 5.93. The molecule has 2 N–H and O–H groups in total. The zero-order chi connectivity index (χ0) is 30.3. The normalized spacial score (nSPS) is 21.0. The number of hydrogen-bond donors (Lipinski definition) is 2. The maximum Gasteiger partial charge on any atom is 0.373 e. The number of hydrogen-bond acceptors (Lipinski definition) is 6. The van der Waals surface area contributed by atoms with Crippen LogP contribution < -0.4 is 10.6 Å². The van der Waals surface area contributed by atoms with Crippen molar-refractivity contribution in [2.75, 3.05) is 14.2 Å². The molecule has 0 aromatic rings. The molecule has 0 radical (unpaired) electrons. The van der Waals surface area contributed by atoms with Gasteiger partial charge in [0.15, 0.2) is 0 Å². The Hall–Kier alpha value is -3.39. The monoisotopic (exact) mass is 556 g/mol. The number of carbonyl (C=O) groups is 3. The predicted molar refractivity (Wildman–Crippen MR) is 159 cm³/mol. The molecule has 222 valence electrons. The van der Waals surface area contributed by atoms with Gasteiger partial charge in [-0.15, -0.1) is 0 Å². The zero-order valence-electron chi connectivity index (χ0n) is 25.5. The van der Waals surface area contributed by atoms with E-state index >= 15 is 0 Å². The molecule has 0 aliphatic carbocycles.